The lowest BCUT2D eigenvalue weighted by atomic mass is 10.3. The summed E-state index contributed by atoms with van der Waals surface area (Å²) < 4.78 is 2.15. The number of imidazole rings is 1. The summed E-state index contributed by atoms with van der Waals surface area (Å²) in [5.74, 6) is 3.09. The molecule has 4 heteroatoms. The molecule has 0 unspecified atom stereocenters. The average Bonchev–Trinajstić information content (AvgIpc) is 2.74. The maximum absolute atomic E-state index is 9.82. The number of benzene rings is 1. The van der Waals surface area contributed by atoms with E-state index < -0.39 is 6.10 Å². The summed E-state index contributed by atoms with van der Waals surface area (Å²) in [7, 11) is 0. The van der Waals surface area contributed by atoms with Gasteiger partial charge in [0.1, 0.15) is 11.9 Å². The van der Waals surface area contributed by atoms with Crippen LogP contribution in [0.15, 0.2) is 24.3 Å². The summed E-state index contributed by atoms with van der Waals surface area (Å²) in [5, 5.41) is 9.82. The van der Waals surface area contributed by atoms with Crippen LogP contribution in [0.2, 0.25) is 0 Å². The van der Waals surface area contributed by atoms with Crippen molar-refractivity contribution in [2.75, 3.05) is 11.5 Å². The first-order valence-corrected chi connectivity index (χ1v) is 7.60. The molecule has 2 rings (SSSR count). The molecule has 18 heavy (non-hydrogen) atoms. The van der Waals surface area contributed by atoms with Crippen molar-refractivity contribution < 1.29 is 5.11 Å². The highest BCUT2D eigenvalue weighted by molar-refractivity contribution is 7.99. The molecule has 0 bridgehead atoms. The fourth-order valence-corrected chi connectivity index (χ4v) is 2.74. The van der Waals surface area contributed by atoms with Gasteiger partial charge in [0, 0.05) is 6.54 Å². The van der Waals surface area contributed by atoms with Crippen LogP contribution in [0.25, 0.3) is 11.0 Å². The molecule has 0 saturated carbocycles. The van der Waals surface area contributed by atoms with Gasteiger partial charge in [0.2, 0.25) is 0 Å². The van der Waals surface area contributed by atoms with Crippen molar-refractivity contribution in [3.8, 4) is 0 Å². The summed E-state index contributed by atoms with van der Waals surface area (Å²) in [6.07, 6.45) is 0.592. The first-order valence-electron chi connectivity index (χ1n) is 6.45. The molecule has 1 atom stereocenters. The van der Waals surface area contributed by atoms with Crippen molar-refractivity contribution in [2.24, 2.45) is 0 Å². The molecule has 0 radical (unpaired) electrons. The highest BCUT2D eigenvalue weighted by atomic mass is 32.2. The van der Waals surface area contributed by atoms with Crippen LogP contribution in [-0.2, 0) is 6.54 Å². The number of aryl methyl sites for hydroxylation is 1. The van der Waals surface area contributed by atoms with Crippen molar-refractivity contribution >= 4 is 22.8 Å². The Morgan fingerprint density at radius 2 is 2.17 bits per heavy atom. The van der Waals surface area contributed by atoms with Crippen molar-refractivity contribution in [3.63, 3.8) is 0 Å². The minimum atomic E-state index is -0.517. The van der Waals surface area contributed by atoms with Crippen LogP contribution >= 0.6 is 11.8 Å². The van der Waals surface area contributed by atoms with Gasteiger partial charge in [-0.2, -0.15) is 11.8 Å². The number of para-hydroxylation sites is 2. The van der Waals surface area contributed by atoms with Crippen molar-refractivity contribution in [2.45, 2.75) is 32.9 Å². The van der Waals surface area contributed by atoms with Gasteiger partial charge in [-0.05, 0) is 37.0 Å². The van der Waals surface area contributed by atoms with Gasteiger partial charge in [0.25, 0.3) is 0 Å². The van der Waals surface area contributed by atoms with Crippen LogP contribution in [0.4, 0.5) is 0 Å². The Bertz CT molecular complexity index is 507. The maximum Gasteiger partial charge on any atom is 0.138 e. The zero-order valence-corrected chi connectivity index (χ0v) is 11.8. The Labute approximate surface area is 112 Å². The molecule has 0 aliphatic rings. The van der Waals surface area contributed by atoms with Gasteiger partial charge in [0.15, 0.2) is 0 Å². The van der Waals surface area contributed by atoms with Crippen LogP contribution in [0.5, 0.6) is 0 Å². The van der Waals surface area contributed by atoms with E-state index in [1.165, 1.54) is 0 Å². The molecule has 1 heterocycles. The van der Waals surface area contributed by atoms with Crippen LogP contribution in [0, 0.1) is 0 Å². The van der Waals surface area contributed by atoms with E-state index in [1.54, 1.807) is 6.92 Å². The van der Waals surface area contributed by atoms with Crippen LogP contribution in [-0.4, -0.2) is 26.2 Å². The molecule has 3 nitrogen and oxygen atoms in total. The monoisotopic (exact) mass is 264 g/mol. The highest BCUT2D eigenvalue weighted by Crippen LogP contribution is 2.21. The number of rotatable bonds is 6. The lowest BCUT2D eigenvalue weighted by molar-refractivity contribution is 0.184. The Morgan fingerprint density at radius 1 is 1.39 bits per heavy atom. The summed E-state index contributed by atoms with van der Waals surface area (Å²) in [6.45, 7) is 4.88. The van der Waals surface area contributed by atoms with Crippen molar-refractivity contribution in [3.05, 3.63) is 30.1 Å². The smallest absolute Gasteiger partial charge is 0.138 e. The number of thioether (sulfide) groups is 1. The fourth-order valence-electron chi connectivity index (χ4n) is 2.12. The van der Waals surface area contributed by atoms with E-state index in [0.717, 1.165) is 41.3 Å². The minimum absolute atomic E-state index is 0.517. The third-order valence-electron chi connectivity index (χ3n) is 2.93. The second-order valence-corrected chi connectivity index (χ2v) is 5.73. The van der Waals surface area contributed by atoms with E-state index in [1.807, 2.05) is 30.0 Å². The lowest BCUT2D eigenvalue weighted by Gasteiger charge is -2.10. The first kappa shape index (κ1) is 13.4. The predicted octanol–water partition coefficient (Wildman–Crippen LogP) is 3.23. The number of nitrogens with zero attached hydrogens (tertiary/aromatic N) is 2. The van der Waals surface area contributed by atoms with E-state index in [0.29, 0.717) is 0 Å². The van der Waals surface area contributed by atoms with Crippen molar-refractivity contribution in [1.82, 2.24) is 9.55 Å². The SMILES string of the molecule is CCSCCCn1c([C@H](C)O)nc2ccccc21. The third kappa shape index (κ3) is 2.87. The molecule has 0 aliphatic carbocycles. The zero-order chi connectivity index (χ0) is 13.0. The number of hydrogen-bond acceptors (Lipinski definition) is 3. The van der Waals surface area contributed by atoms with E-state index >= 15 is 0 Å². The van der Waals surface area contributed by atoms with Gasteiger partial charge in [-0.1, -0.05) is 19.1 Å². The summed E-state index contributed by atoms with van der Waals surface area (Å²) in [4.78, 5) is 4.52. The Kier molecular flexibility index (Phi) is 4.66. The van der Waals surface area contributed by atoms with Gasteiger partial charge in [-0.15, -0.1) is 0 Å². The molecule has 1 N–H and O–H groups in total. The van der Waals surface area contributed by atoms with Crippen LogP contribution < -0.4 is 0 Å². The number of aliphatic hydroxyl groups is 1. The molecular weight excluding hydrogens is 244 g/mol. The molecule has 0 aliphatic heterocycles. The standard InChI is InChI=1S/C14H20N2OS/c1-3-18-10-6-9-16-13-8-5-4-7-12(13)15-14(16)11(2)17/h4-5,7-8,11,17H,3,6,9-10H2,1-2H3/t11-/m0/s1. The Balaban J connectivity index is 2.24. The molecule has 1 aromatic carbocycles. The summed E-state index contributed by atoms with van der Waals surface area (Å²) >= 11 is 1.95. The molecule has 0 saturated heterocycles. The second kappa shape index (κ2) is 6.25. The van der Waals surface area contributed by atoms with Gasteiger partial charge in [-0.25, -0.2) is 4.98 Å². The Morgan fingerprint density at radius 3 is 2.89 bits per heavy atom. The molecule has 0 amide bonds. The van der Waals surface area contributed by atoms with E-state index in [2.05, 4.69) is 22.5 Å². The topological polar surface area (TPSA) is 38.0 Å². The van der Waals surface area contributed by atoms with E-state index in [9.17, 15) is 5.11 Å². The molecular formula is C14H20N2OS. The lowest BCUT2D eigenvalue weighted by Crippen LogP contribution is -2.07. The predicted molar refractivity (Wildman–Crippen MR) is 78.0 cm³/mol. The average molecular weight is 264 g/mol. The van der Waals surface area contributed by atoms with Gasteiger partial charge >= 0.3 is 0 Å². The first-order chi connectivity index (χ1) is 8.74. The van der Waals surface area contributed by atoms with E-state index in [-0.39, 0.29) is 0 Å². The number of fused-ring (bicyclic) bond motifs is 1. The summed E-state index contributed by atoms with van der Waals surface area (Å²) in [5.41, 5.74) is 2.09. The molecule has 0 spiro atoms. The highest BCUT2D eigenvalue weighted by Gasteiger charge is 2.13. The second-order valence-electron chi connectivity index (χ2n) is 4.34. The van der Waals surface area contributed by atoms with Gasteiger partial charge in [0.05, 0.1) is 11.0 Å². The number of aromatic nitrogens is 2. The molecule has 2 aromatic rings. The molecule has 98 valence electrons. The Hall–Kier alpha value is -1.00. The quantitative estimate of drug-likeness (QED) is 0.814. The van der Waals surface area contributed by atoms with Crippen LogP contribution in [0.3, 0.4) is 0 Å². The largest absolute Gasteiger partial charge is 0.385 e. The van der Waals surface area contributed by atoms with E-state index in [4.69, 9.17) is 0 Å². The molecule has 1 aromatic heterocycles. The third-order valence-corrected chi connectivity index (χ3v) is 3.92. The maximum atomic E-state index is 9.82. The summed E-state index contributed by atoms with van der Waals surface area (Å²) in [6, 6.07) is 8.07. The molecule has 0 fully saturated rings. The van der Waals surface area contributed by atoms with Crippen LogP contribution in [0.1, 0.15) is 32.2 Å². The van der Waals surface area contributed by atoms with Gasteiger partial charge in [-0.3, -0.25) is 0 Å². The number of aliphatic hydroxyl groups excluding tert-OH is 1. The fraction of sp³-hybridized carbons (Fsp3) is 0.500. The normalized spacial score (nSPS) is 13.1. The minimum Gasteiger partial charge on any atom is -0.385 e. The zero-order valence-electron chi connectivity index (χ0n) is 11.0. The number of hydrogen-bond donors (Lipinski definition) is 1. The van der Waals surface area contributed by atoms with Crippen molar-refractivity contribution in [1.29, 1.82) is 0 Å². The van der Waals surface area contributed by atoms with Gasteiger partial charge < -0.3 is 9.67 Å².